The van der Waals surface area contributed by atoms with Gasteiger partial charge in [-0.2, -0.15) is 0 Å². The number of benzene rings is 1. The van der Waals surface area contributed by atoms with Gasteiger partial charge in [-0.25, -0.2) is 0 Å². The van der Waals surface area contributed by atoms with Crippen molar-refractivity contribution in [3.05, 3.63) is 36.1 Å². The van der Waals surface area contributed by atoms with E-state index in [2.05, 4.69) is 0 Å². The van der Waals surface area contributed by atoms with Crippen LogP contribution in [0.25, 0.3) is 11.0 Å². The zero-order valence-electron chi connectivity index (χ0n) is 11.6. The largest absolute Gasteiger partial charge is 0.460 e. The fraction of sp³-hybridized carbons (Fsp3) is 0.438. The van der Waals surface area contributed by atoms with Crippen LogP contribution in [-0.2, 0) is 4.79 Å². The second-order valence-electron chi connectivity index (χ2n) is 5.42. The zero-order chi connectivity index (χ0) is 14.1. The van der Waals surface area contributed by atoms with Crippen molar-refractivity contribution in [1.82, 2.24) is 4.90 Å². The fourth-order valence-electron chi connectivity index (χ4n) is 2.90. The van der Waals surface area contributed by atoms with Crippen LogP contribution in [0.15, 0.2) is 34.7 Å². The van der Waals surface area contributed by atoms with Gasteiger partial charge in [-0.3, -0.25) is 4.79 Å². The van der Waals surface area contributed by atoms with Crippen molar-refractivity contribution in [2.75, 3.05) is 13.2 Å². The van der Waals surface area contributed by atoms with Crippen LogP contribution < -0.4 is 0 Å². The molecule has 1 amide bonds. The summed E-state index contributed by atoms with van der Waals surface area (Å²) in [6.07, 6.45) is 1.85. The number of hydrogen-bond donors (Lipinski definition) is 1. The van der Waals surface area contributed by atoms with Crippen molar-refractivity contribution >= 4 is 16.9 Å². The van der Waals surface area contributed by atoms with Gasteiger partial charge < -0.3 is 14.4 Å². The molecule has 4 heteroatoms. The highest BCUT2D eigenvalue weighted by Gasteiger charge is 2.32. The quantitative estimate of drug-likeness (QED) is 0.935. The molecular weight excluding hydrogens is 254 g/mol. The monoisotopic (exact) mass is 273 g/mol. The van der Waals surface area contributed by atoms with Crippen LogP contribution in [0, 0.1) is 0 Å². The molecule has 20 heavy (non-hydrogen) atoms. The minimum Gasteiger partial charge on any atom is -0.460 e. The normalized spacial score (nSPS) is 20.5. The van der Waals surface area contributed by atoms with Crippen molar-refractivity contribution in [2.24, 2.45) is 0 Å². The van der Waals surface area contributed by atoms with Crippen LogP contribution in [0.2, 0.25) is 0 Å². The number of para-hydroxylation sites is 1. The molecule has 3 rings (SSSR count). The Morgan fingerprint density at radius 2 is 2.30 bits per heavy atom. The molecule has 2 heterocycles. The number of likely N-dealkylation sites (tertiary alicyclic amines) is 1. The minimum absolute atomic E-state index is 0.0330. The van der Waals surface area contributed by atoms with E-state index in [9.17, 15) is 9.90 Å². The average Bonchev–Trinajstić information content (AvgIpc) is 3.11. The first kappa shape index (κ1) is 13.2. The summed E-state index contributed by atoms with van der Waals surface area (Å²) in [7, 11) is 0. The summed E-state index contributed by atoms with van der Waals surface area (Å²) in [6.45, 7) is 2.64. The van der Waals surface area contributed by atoms with Gasteiger partial charge in [0.15, 0.2) is 0 Å². The summed E-state index contributed by atoms with van der Waals surface area (Å²) in [6, 6.07) is 9.66. The summed E-state index contributed by atoms with van der Waals surface area (Å²) < 4.78 is 5.77. The summed E-state index contributed by atoms with van der Waals surface area (Å²) in [5.74, 6) is 0.426. The van der Waals surface area contributed by atoms with E-state index < -0.39 is 0 Å². The lowest BCUT2D eigenvalue weighted by molar-refractivity contribution is -0.134. The van der Waals surface area contributed by atoms with E-state index in [-0.39, 0.29) is 24.5 Å². The predicted octanol–water partition coefficient (Wildman–Crippen LogP) is 2.52. The Morgan fingerprint density at radius 3 is 3.05 bits per heavy atom. The third-order valence-corrected chi connectivity index (χ3v) is 4.11. The Bertz CT molecular complexity index is 586. The molecule has 2 atom stereocenters. The van der Waals surface area contributed by atoms with Gasteiger partial charge in [0, 0.05) is 11.9 Å². The highest BCUT2D eigenvalue weighted by atomic mass is 16.3. The summed E-state index contributed by atoms with van der Waals surface area (Å²) in [5, 5.41) is 10.4. The Labute approximate surface area is 118 Å². The van der Waals surface area contributed by atoms with Crippen LogP contribution >= 0.6 is 0 Å². The van der Waals surface area contributed by atoms with E-state index in [1.54, 1.807) is 4.90 Å². The Hall–Kier alpha value is -1.81. The molecule has 1 aromatic heterocycles. The van der Waals surface area contributed by atoms with Crippen molar-refractivity contribution in [2.45, 2.75) is 31.7 Å². The van der Waals surface area contributed by atoms with Crippen molar-refractivity contribution in [3.63, 3.8) is 0 Å². The molecule has 2 aromatic rings. The number of furan rings is 1. The minimum atomic E-state index is -0.311. The maximum atomic E-state index is 12.5. The lowest BCUT2D eigenvalue weighted by atomic mass is 10.1. The predicted molar refractivity (Wildman–Crippen MR) is 76.4 cm³/mol. The molecule has 1 saturated heterocycles. The van der Waals surface area contributed by atoms with E-state index in [0.717, 1.165) is 30.4 Å². The van der Waals surface area contributed by atoms with Crippen LogP contribution in [0.1, 0.15) is 31.4 Å². The van der Waals surface area contributed by atoms with Gasteiger partial charge in [-0.05, 0) is 31.9 Å². The van der Waals surface area contributed by atoms with Crippen molar-refractivity contribution < 1.29 is 14.3 Å². The average molecular weight is 273 g/mol. The van der Waals surface area contributed by atoms with Gasteiger partial charge in [-0.15, -0.1) is 0 Å². The number of fused-ring (bicyclic) bond motifs is 1. The van der Waals surface area contributed by atoms with E-state index in [1.807, 2.05) is 37.3 Å². The second-order valence-corrected chi connectivity index (χ2v) is 5.42. The molecule has 0 saturated carbocycles. The number of hydrogen-bond acceptors (Lipinski definition) is 3. The summed E-state index contributed by atoms with van der Waals surface area (Å²) in [4.78, 5) is 14.3. The first-order valence-electron chi connectivity index (χ1n) is 7.10. The number of aliphatic hydroxyl groups excluding tert-OH is 1. The van der Waals surface area contributed by atoms with Crippen LogP contribution in [-0.4, -0.2) is 35.1 Å². The molecule has 106 valence electrons. The van der Waals surface area contributed by atoms with E-state index in [1.165, 1.54) is 0 Å². The SMILES string of the molecule is CC(C(=O)N1CCCC1CO)c1cc2ccccc2o1. The molecule has 0 radical (unpaired) electrons. The molecule has 0 spiro atoms. The first-order chi connectivity index (χ1) is 9.70. The topological polar surface area (TPSA) is 53.7 Å². The smallest absolute Gasteiger partial charge is 0.233 e. The van der Waals surface area contributed by atoms with Crippen molar-refractivity contribution in [1.29, 1.82) is 0 Å². The van der Waals surface area contributed by atoms with Gasteiger partial charge in [-0.1, -0.05) is 18.2 Å². The van der Waals surface area contributed by atoms with E-state index >= 15 is 0 Å². The third kappa shape index (κ3) is 2.20. The Balaban J connectivity index is 1.84. The Morgan fingerprint density at radius 1 is 1.50 bits per heavy atom. The number of nitrogens with zero attached hydrogens (tertiary/aromatic N) is 1. The van der Waals surface area contributed by atoms with Crippen LogP contribution in [0.4, 0.5) is 0 Å². The van der Waals surface area contributed by atoms with Gasteiger partial charge in [0.1, 0.15) is 11.3 Å². The van der Waals surface area contributed by atoms with Gasteiger partial charge in [0.2, 0.25) is 5.91 Å². The number of amides is 1. The molecule has 1 aromatic carbocycles. The molecular formula is C16H19NO3. The van der Waals surface area contributed by atoms with Gasteiger partial charge in [0.05, 0.1) is 18.6 Å². The van der Waals surface area contributed by atoms with Crippen molar-refractivity contribution in [3.8, 4) is 0 Å². The highest BCUT2D eigenvalue weighted by molar-refractivity contribution is 5.85. The summed E-state index contributed by atoms with van der Waals surface area (Å²) >= 11 is 0. The van der Waals surface area contributed by atoms with Gasteiger partial charge >= 0.3 is 0 Å². The summed E-state index contributed by atoms with van der Waals surface area (Å²) in [5.41, 5.74) is 0.808. The molecule has 2 unspecified atom stereocenters. The third-order valence-electron chi connectivity index (χ3n) is 4.11. The maximum Gasteiger partial charge on any atom is 0.233 e. The lowest BCUT2D eigenvalue weighted by Crippen LogP contribution is -2.39. The number of carbonyl (C=O) groups excluding carboxylic acids is 1. The van der Waals surface area contributed by atoms with Gasteiger partial charge in [0.25, 0.3) is 0 Å². The van der Waals surface area contributed by atoms with E-state index in [0.29, 0.717) is 5.76 Å². The maximum absolute atomic E-state index is 12.5. The van der Waals surface area contributed by atoms with Crippen LogP contribution in [0.5, 0.6) is 0 Å². The standard InChI is InChI=1S/C16H19NO3/c1-11(16(19)17-8-4-6-13(17)10-18)15-9-12-5-2-3-7-14(12)20-15/h2-3,5,7,9,11,13,18H,4,6,8,10H2,1H3. The molecule has 4 nitrogen and oxygen atoms in total. The molecule has 1 fully saturated rings. The molecule has 1 aliphatic rings. The molecule has 0 bridgehead atoms. The number of carbonyl (C=O) groups is 1. The fourth-order valence-corrected chi connectivity index (χ4v) is 2.90. The molecule has 1 N–H and O–H groups in total. The second kappa shape index (κ2) is 5.29. The molecule has 1 aliphatic heterocycles. The van der Waals surface area contributed by atoms with E-state index in [4.69, 9.17) is 4.42 Å². The Kier molecular flexibility index (Phi) is 3.49. The number of rotatable bonds is 3. The molecule has 0 aliphatic carbocycles. The lowest BCUT2D eigenvalue weighted by Gasteiger charge is -2.25. The zero-order valence-corrected chi connectivity index (χ0v) is 11.6. The highest BCUT2D eigenvalue weighted by Crippen LogP contribution is 2.28. The van der Waals surface area contributed by atoms with Crippen LogP contribution in [0.3, 0.4) is 0 Å². The first-order valence-corrected chi connectivity index (χ1v) is 7.10. The number of aliphatic hydroxyl groups is 1.